The molecule has 1 aromatic heterocycles. The molecule has 0 saturated carbocycles. The molecule has 0 radical (unpaired) electrons. The molecule has 1 aromatic carbocycles. The van der Waals surface area contributed by atoms with Gasteiger partial charge < -0.3 is 19.5 Å². The van der Waals surface area contributed by atoms with Crippen LogP contribution in [0, 0.1) is 6.92 Å². The van der Waals surface area contributed by atoms with Gasteiger partial charge in [-0.3, -0.25) is 9.59 Å². The van der Waals surface area contributed by atoms with Gasteiger partial charge in [-0.05, 0) is 42.1 Å². The molecule has 3 rings (SSSR count). The van der Waals surface area contributed by atoms with Crippen molar-refractivity contribution in [2.45, 2.75) is 13.0 Å². The van der Waals surface area contributed by atoms with E-state index in [9.17, 15) is 14.7 Å². The van der Waals surface area contributed by atoms with Gasteiger partial charge in [-0.2, -0.15) is 0 Å². The zero-order valence-corrected chi connectivity index (χ0v) is 16.2. The van der Waals surface area contributed by atoms with Crippen LogP contribution < -0.4 is 4.74 Å². The van der Waals surface area contributed by atoms with Crippen molar-refractivity contribution in [1.29, 1.82) is 0 Å². The second-order valence-electron chi connectivity index (χ2n) is 6.18. The summed E-state index contributed by atoms with van der Waals surface area (Å²) in [7, 11) is 3.10. The lowest BCUT2D eigenvalue weighted by molar-refractivity contribution is -0.140. The first kappa shape index (κ1) is 19.1. The number of aliphatic hydroxyl groups is 1. The second-order valence-corrected chi connectivity index (χ2v) is 7.16. The number of hydrogen-bond acceptors (Lipinski definition) is 6. The lowest BCUT2D eigenvalue weighted by atomic mass is 9.97. The fourth-order valence-corrected chi connectivity index (χ4v) is 4.06. The van der Waals surface area contributed by atoms with Gasteiger partial charge in [0.25, 0.3) is 11.7 Å². The highest BCUT2D eigenvalue weighted by atomic mass is 32.1. The van der Waals surface area contributed by atoms with E-state index >= 15 is 0 Å². The number of nitrogens with zero attached hydrogens (tertiary/aromatic N) is 1. The van der Waals surface area contributed by atoms with E-state index in [1.54, 1.807) is 25.3 Å². The van der Waals surface area contributed by atoms with E-state index in [0.717, 1.165) is 10.4 Å². The third-order valence-corrected chi connectivity index (χ3v) is 5.50. The number of aliphatic hydroxyl groups excluding tert-OH is 1. The number of carbonyl (C=O) groups is 2. The molecule has 1 aliphatic rings. The van der Waals surface area contributed by atoms with Gasteiger partial charge >= 0.3 is 0 Å². The van der Waals surface area contributed by atoms with Crippen LogP contribution in [0.25, 0.3) is 5.76 Å². The highest BCUT2D eigenvalue weighted by Crippen LogP contribution is 2.41. The monoisotopic (exact) mass is 387 g/mol. The molecule has 0 aliphatic carbocycles. The summed E-state index contributed by atoms with van der Waals surface area (Å²) in [6, 6.07) is 8.27. The Morgan fingerprint density at radius 1 is 1.26 bits per heavy atom. The molecule has 1 amide bonds. The molecule has 1 saturated heterocycles. The van der Waals surface area contributed by atoms with Gasteiger partial charge in [0.05, 0.1) is 25.3 Å². The van der Waals surface area contributed by atoms with Crippen molar-refractivity contribution >= 4 is 28.8 Å². The van der Waals surface area contributed by atoms with Crippen molar-refractivity contribution in [3.8, 4) is 5.75 Å². The summed E-state index contributed by atoms with van der Waals surface area (Å²) in [6.45, 7) is 2.39. The number of amides is 1. The van der Waals surface area contributed by atoms with Crippen molar-refractivity contribution in [3.05, 3.63) is 57.3 Å². The van der Waals surface area contributed by atoms with E-state index in [1.165, 1.54) is 23.3 Å². The fraction of sp³-hybridized carbons (Fsp3) is 0.300. The summed E-state index contributed by atoms with van der Waals surface area (Å²) >= 11 is 1.44. The van der Waals surface area contributed by atoms with E-state index in [0.29, 0.717) is 17.9 Å². The van der Waals surface area contributed by atoms with Crippen LogP contribution in [0.3, 0.4) is 0 Å². The first-order valence-electron chi connectivity index (χ1n) is 8.45. The number of ether oxygens (including phenoxy) is 2. The highest BCUT2D eigenvalue weighted by Gasteiger charge is 2.46. The summed E-state index contributed by atoms with van der Waals surface area (Å²) in [5.74, 6) is -0.832. The van der Waals surface area contributed by atoms with Crippen molar-refractivity contribution in [3.63, 3.8) is 0 Å². The van der Waals surface area contributed by atoms with Crippen LogP contribution in [0.4, 0.5) is 0 Å². The molecular weight excluding hydrogens is 366 g/mol. The Kier molecular flexibility index (Phi) is 5.62. The average molecular weight is 387 g/mol. The number of benzene rings is 1. The average Bonchev–Trinajstić information content (AvgIpc) is 3.27. The van der Waals surface area contributed by atoms with Crippen LogP contribution >= 0.6 is 11.3 Å². The summed E-state index contributed by atoms with van der Waals surface area (Å²) in [4.78, 5) is 27.7. The van der Waals surface area contributed by atoms with Gasteiger partial charge in [0.1, 0.15) is 11.5 Å². The molecule has 1 atom stereocenters. The Morgan fingerprint density at radius 2 is 2.04 bits per heavy atom. The summed E-state index contributed by atoms with van der Waals surface area (Å²) in [5, 5.41) is 12.9. The molecule has 6 nitrogen and oxygen atoms in total. The van der Waals surface area contributed by atoms with Crippen molar-refractivity contribution < 1.29 is 24.2 Å². The minimum absolute atomic E-state index is 0.104. The number of methoxy groups -OCH3 is 2. The van der Waals surface area contributed by atoms with Gasteiger partial charge in [0.15, 0.2) is 0 Å². The molecule has 1 fully saturated rings. The SMILES string of the molecule is COCCN1C(=O)C(=O)C(=C(O)c2ccc(OC)cc2C)C1c1cccs1. The fourth-order valence-electron chi connectivity index (χ4n) is 3.22. The summed E-state index contributed by atoms with van der Waals surface area (Å²) in [6.07, 6.45) is 0. The minimum Gasteiger partial charge on any atom is -0.507 e. The van der Waals surface area contributed by atoms with E-state index in [-0.39, 0.29) is 17.9 Å². The Balaban J connectivity index is 2.14. The molecular formula is C20H21NO5S. The second kappa shape index (κ2) is 7.94. The molecule has 7 heteroatoms. The maximum atomic E-state index is 12.8. The molecule has 2 aromatic rings. The number of rotatable bonds is 6. The lowest BCUT2D eigenvalue weighted by Crippen LogP contribution is -2.32. The number of hydrogen-bond donors (Lipinski definition) is 1. The molecule has 27 heavy (non-hydrogen) atoms. The Morgan fingerprint density at radius 3 is 2.63 bits per heavy atom. The zero-order valence-electron chi connectivity index (χ0n) is 15.4. The van der Waals surface area contributed by atoms with Crippen LogP contribution in [-0.4, -0.2) is 49.1 Å². The molecule has 1 aliphatic heterocycles. The Bertz CT molecular complexity index is 888. The van der Waals surface area contributed by atoms with Crippen LogP contribution in [0.5, 0.6) is 5.75 Å². The summed E-state index contributed by atoms with van der Waals surface area (Å²) in [5.41, 5.74) is 1.36. The van der Waals surface area contributed by atoms with Crippen LogP contribution in [0.2, 0.25) is 0 Å². The van der Waals surface area contributed by atoms with Gasteiger partial charge in [-0.15, -0.1) is 11.3 Å². The van der Waals surface area contributed by atoms with E-state index in [1.807, 2.05) is 24.4 Å². The third kappa shape index (κ3) is 3.48. The number of aryl methyl sites for hydroxylation is 1. The minimum atomic E-state index is -0.683. The lowest BCUT2D eigenvalue weighted by Gasteiger charge is -2.23. The van der Waals surface area contributed by atoms with Crippen molar-refractivity contribution in [1.82, 2.24) is 4.90 Å². The summed E-state index contributed by atoms with van der Waals surface area (Å²) < 4.78 is 10.3. The first-order chi connectivity index (χ1) is 13.0. The van der Waals surface area contributed by atoms with E-state index in [4.69, 9.17) is 9.47 Å². The maximum Gasteiger partial charge on any atom is 0.295 e. The first-order valence-corrected chi connectivity index (χ1v) is 9.33. The number of likely N-dealkylation sites (tertiary alicyclic amines) is 1. The molecule has 0 spiro atoms. The number of carbonyl (C=O) groups excluding carboxylic acids is 2. The predicted molar refractivity (Wildman–Crippen MR) is 103 cm³/mol. The Labute approximate surface area is 161 Å². The van der Waals surface area contributed by atoms with Crippen LogP contribution in [0.1, 0.15) is 22.0 Å². The van der Waals surface area contributed by atoms with Gasteiger partial charge in [-0.25, -0.2) is 0 Å². The topological polar surface area (TPSA) is 76.1 Å². The number of thiophene rings is 1. The van der Waals surface area contributed by atoms with E-state index < -0.39 is 17.7 Å². The van der Waals surface area contributed by atoms with Gasteiger partial charge in [0.2, 0.25) is 0 Å². The molecule has 1 unspecified atom stereocenters. The number of Topliss-reactive ketones (excluding diaryl/α,β-unsaturated/α-hetero) is 1. The van der Waals surface area contributed by atoms with Crippen LogP contribution in [-0.2, 0) is 14.3 Å². The van der Waals surface area contributed by atoms with Crippen molar-refractivity contribution in [2.24, 2.45) is 0 Å². The smallest absolute Gasteiger partial charge is 0.295 e. The van der Waals surface area contributed by atoms with Gasteiger partial charge in [0, 0.05) is 24.1 Å². The third-order valence-electron chi connectivity index (χ3n) is 4.58. The molecule has 142 valence electrons. The molecule has 1 N–H and O–H groups in total. The number of ketones is 1. The predicted octanol–water partition coefficient (Wildman–Crippen LogP) is 3.13. The molecule has 2 heterocycles. The Hall–Kier alpha value is -2.64. The maximum absolute atomic E-state index is 12.8. The van der Waals surface area contributed by atoms with E-state index in [2.05, 4.69) is 0 Å². The van der Waals surface area contributed by atoms with Crippen LogP contribution in [0.15, 0.2) is 41.3 Å². The molecule has 0 bridgehead atoms. The highest BCUT2D eigenvalue weighted by molar-refractivity contribution is 7.10. The zero-order chi connectivity index (χ0) is 19.6. The standard InChI is InChI=1S/C20H21NO5S/c1-12-11-13(26-3)6-7-14(12)18(22)16-17(15-5-4-10-27-15)21(8-9-25-2)20(24)19(16)23/h4-7,10-11,17,22H,8-9H2,1-3H3. The van der Waals surface area contributed by atoms with Crippen molar-refractivity contribution in [2.75, 3.05) is 27.4 Å². The largest absolute Gasteiger partial charge is 0.507 e. The quantitative estimate of drug-likeness (QED) is 0.468. The van der Waals surface area contributed by atoms with Gasteiger partial charge in [-0.1, -0.05) is 6.07 Å². The normalized spacial score (nSPS) is 18.9.